The van der Waals surface area contributed by atoms with Crippen LogP contribution in [0.2, 0.25) is 0 Å². The van der Waals surface area contributed by atoms with Gasteiger partial charge in [0.1, 0.15) is 6.29 Å². The normalized spacial score (nSPS) is 17.0. The number of rotatable bonds is 3. The number of hydrogen-bond acceptors (Lipinski definition) is 3. The maximum atomic E-state index is 10.1. The van der Waals surface area contributed by atoms with Crippen molar-refractivity contribution >= 4 is 6.29 Å². The Balaban J connectivity index is 0.000000288. The minimum absolute atomic E-state index is 0.572. The second-order valence-electron chi connectivity index (χ2n) is 3.87. The topological polar surface area (TPSA) is 32.3 Å². The largest absolute Gasteiger partial charge is 0.314 e. The average Bonchev–Trinajstić information content (AvgIpc) is 2.27. The Morgan fingerprint density at radius 1 is 1.38 bits per heavy atom. The lowest BCUT2D eigenvalue weighted by atomic mass is 10.2. The van der Waals surface area contributed by atoms with Gasteiger partial charge in [0.15, 0.2) is 0 Å². The molecule has 0 aromatic rings. The van der Waals surface area contributed by atoms with E-state index in [0.29, 0.717) is 5.57 Å². The summed E-state index contributed by atoms with van der Waals surface area (Å²) in [7, 11) is 2.15. The number of likely N-dealkylation sites (N-methyl/N-ethyl adjacent to an activating group) is 1. The third-order valence-electron chi connectivity index (χ3n) is 2.13. The van der Waals surface area contributed by atoms with Gasteiger partial charge < -0.3 is 10.2 Å². The van der Waals surface area contributed by atoms with Crippen LogP contribution in [0.25, 0.3) is 0 Å². The zero-order chi connectivity index (χ0) is 12.4. The van der Waals surface area contributed by atoms with E-state index in [1.807, 2.05) is 6.92 Å². The molecule has 0 amide bonds. The zero-order valence-corrected chi connectivity index (χ0v) is 10.3. The molecule has 3 nitrogen and oxygen atoms in total. The molecule has 0 radical (unpaired) electrons. The molecule has 0 aromatic carbocycles. The number of carbonyl (C=O) groups is 1. The Kier molecular flexibility index (Phi) is 8.39. The lowest BCUT2D eigenvalue weighted by molar-refractivity contribution is -0.104. The van der Waals surface area contributed by atoms with Gasteiger partial charge in [-0.05, 0) is 20.0 Å². The molecule has 0 unspecified atom stereocenters. The number of carbonyl (C=O) groups excluding carboxylic acids is 1. The summed E-state index contributed by atoms with van der Waals surface area (Å²) < 4.78 is 0. The van der Waals surface area contributed by atoms with Gasteiger partial charge in [-0.3, -0.25) is 4.79 Å². The molecule has 0 saturated carbocycles. The van der Waals surface area contributed by atoms with Gasteiger partial charge in [0.2, 0.25) is 0 Å². The van der Waals surface area contributed by atoms with Crippen molar-refractivity contribution in [2.75, 3.05) is 33.2 Å². The summed E-state index contributed by atoms with van der Waals surface area (Å²) in [4.78, 5) is 12.4. The monoisotopic (exact) mass is 222 g/mol. The van der Waals surface area contributed by atoms with Crippen molar-refractivity contribution in [1.29, 1.82) is 0 Å². The van der Waals surface area contributed by atoms with Crippen LogP contribution in [0.3, 0.4) is 0 Å². The summed E-state index contributed by atoms with van der Waals surface area (Å²) in [5.41, 5.74) is 1.43. The highest BCUT2D eigenvalue weighted by molar-refractivity contribution is 5.77. The molecular formula is C13H22N2O. The first-order chi connectivity index (χ1) is 7.60. The lowest BCUT2D eigenvalue weighted by Crippen LogP contribution is -2.40. The van der Waals surface area contributed by atoms with Crippen LogP contribution in [0.1, 0.15) is 6.92 Å². The molecule has 3 heteroatoms. The highest BCUT2D eigenvalue weighted by Gasteiger charge is 2.01. The quantitative estimate of drug-likeness (QED) is 0.445. The Morgan fingerprint density at radius 3 is 2.12 bits per heavy atom. The molecule has 1 N–H and O–H groups in total. The predicted molar refractivity (Wildman–Crippen MR) is 69.5 cm³/mol. The molecule has 0 spiro atoms. The molecule has 0 aliphatic carbocycles. The molecule has 0 atom stereocenters. The minimum atomic E-state index is 0.572. The van der Waals surface area contributed by atoms with Crippen molar-refractivity contribution in [2.45, 2.75) is 6.92 Å². The van der Waals surface area contributed by atoms with Crippen molar-refractivity contribution in [2.24, 2.45) is 0 Å². The number of nitrogens with one attached hydrogen (secondary N) is 1. The van der Waals surface area contributed by atoms with E-state index in [1.165, 1.54) is 19.2 Å². The van der Waals surface area contributed by atoms with Crippen LogP contribution in [0.15, 0.2) is 36.5 Å². The fraction of sp³-hybridized carbons (Fsp3) is 0.462. The first-order valence-electron chi connectivity index (χ1n) is 5.44. The Bertz CT molecular complexity index is 253. The van der Waals surface area contributed by atoms with Crippen molar-refractivity contribution in [3.63, 3.8) is 0 Å². The Labute approximate surface area is 98.5 Å². The lowest BCUT2D eigenvalue weighted by Gasteiger charge is -2.21. The standard InChI is InChI=1S/C8H10O.C5H12N2/c1-4-8(6-9)5-7(2)3;1-7-4-2-6-3-5-7/h4-6H,1-2H2,3H3;6H,2-5H2,1H3/b8-5+;. The third kappa shape index (κ3) is 8.15. The maximum absolute atomic E-state index is 10.1. The van der Waals surface area contributed by atoms with E-state index in [-0.39, 0.29) is 0 Å². The van der Waals surface area contributed by atoms with Crippen LogP contribution in [-0.4, -0.2) is 44.4 Å². The van der Waals surface area contributed by atoms with Gasteiger partial charge in [-0.25, -0.2) is 0 Å². The van der Waals surface area contributed by atoms with Crippen molar-refractivity contribution in [3.8, 4) is 0 Å². The summed E-state index contributed by atoms with van der Waals surface area (Å²) in [6.45, 7) is 13.6. The predicted octanol–water partition coefficient (Wildman–Crippen LogP) is 1.40. The molecule has 1 aliphatic rings. The fourth-order valence-corrected chi connectivity index (χ4v) is 1.20. The molecule has 16 heavy (non-hydrogen) atoms. The number of nitrogens with zero attached hydrogens (tertiary/aromatic N) is 1. The first kappa shape index (κ1) is 14.8. The molecule has 1 aliphatic heterocycles. The number of allylic oxidation sites excluding steroid dienone is 4. The summed E-state index contributed by atoms with van der Waals surface area (Å²) >= 11 is 0. The molecule has 1 rings (SSSR count). The van der Waals surface area contributed by atoms with Crippen LogP contribution in [0.4, 0.5) is 0 Å². The van der Waals surface area contributed by atoms with Gasteiger partial charge in [-0.2, -0.15) is 0 Å². The average molecular weight is 222 g/mol. The van der Waals surface area contributed by atoms with Crippen LogP contribution < -0.4 is 5.32 Å². The van der Waals surface area contributed by atoms with Crippen LogP contribution in [0.5, 0.6) is 0 Å². The summed E-state index contributed by atoms with van der Waals surface area (Å²) in [5.74, 6) is 0. The molecule has 1 saturated heterocycles. The SMILES string of the molecule is C=C/C(C=O)=C\C(=C)C.CN1CCNCC1. The zero-order valence-electron chi connectivity index (χ0n) is 10.3. The minimum Gasteiger partial charge on any atom is -0.314 e. The van der Waals surface area contributed by atoms with Gasteiger partial charge in [0.25, 0.3) is 0 Å². The second-order valence-corrected chi connectivity index (χ2v) is 3.87. The first-order valence-corrected chi connectivity index (χ1v) is 5.44. The fourth-order valence-electron chi connectivity index (χ4n) is 1.20. The van der Waals surface area contributed by atoms with E-state index in [1.54, 1.807) is 6.08 Å². The van der Waals surface area contributed by atoms with Crippen LogP contribution in [-0.2, 0) is 4.79 Å². The van der Waals surface area contributed by atoms with E-state index in [4.69, 9.17) is 0 Å². The number of aldehydes is 1. The van der Waals surface area contributed by atoms with Gasteiger partial charge in [0, 0.05) is 31.8 Å². The molecular weight excluding hydrogens is 200 g/mol. The number of hydrogen-bond donors (Lipinski definition) is 1. The van der Waals surface area contributed by atoms with Crippen molar-refractivity contribution in [3.05, 3.63) is 36.5 Å². The van der Waals surface area contributed by atoms with E-state index < -0.39 is 0 Å². The Hall–Kier alpha value is -1.19. The molecule has 0 aromatic heterocycles. The van der Waals surface area contributed by atoms with E-state index in [0.717, 1.165) is 24.9 Å². The van der Waals surface area contributed by atoms with Gasteiger partial charge in [0.05, 0.1) is 0 Å². The van der Waals surface area contributed by atoms with Crippen LogP contribution in [0, 0.1) is 0 Å². The maximum Gasteiger partial charge on any atom is 0.150 e. The molecule has 1 heterocycles. The molecule has 90 valence electrons. The van der Waals surface area contributed by atoms with Crippen molar-refractivity contribution < 1.29 is 4.79 Å². The van der Waals surface area contributed by atoms with E-state index in [2.05, 4.69) is 30.4 Å². The second kappa shape index (κ2) is 9.07. The molecule has 1 fully saturated rings. The third-order valence-corrected chi connectivity index (χ3v) is 2.13. The van der Waals surface area contributed by atoms with Crippen LogP contribution >= 0.6 is 0 Å². The van der Waals surface area contributed by atoms with E-state index in [9.17, 15) is 4.79 Å². The summed E-state index contributed by atoms with van der Waals surface area (Å²) in [5, 5.41) is 3.27. The summed E-state index contributed by atoms with van der Waals surface area (Å²) in [6.07, 6.45) is 3.93. The highest BCUT2D eigenvalue weighted by atomic mass is 16.1. The Morgan fingerprint density at radius 2 is 1.94 bits per heavy atom. The number of piperazine rings is 1. The van der Waals surface area contributed by atoms with E-state index >= 15 is 0 Å². The van der Waals surface area contributed by atoms with Gasteiger partial charge in [-0.1, -0.05) is 24.8 Å². The highest BCUT2D eigenvalue weighted by Crippen LogP contribution is 1.96. The van der Waals surface area contributed by atoms with Gasteiger partial charge >= 0.3 is 0 Å². The summed E-state index contributed by atoms with van der Waals surface area (Å²) in [6, 6.07) is 0. The smallest absolute Gasteiger partial charge is 0.150 e. The molecule has 0 bridgehead atoms. The van der Waals surface area contributed by atoms with Crippen molar-refractivity contribution in [1.82, 2.24) is 10.2 Å². The van der Waals surface area contributed by atoms with Gasteiger partial charge in [-0.15, -0.1) is 0 Å².